The molecule has 0 spiro atoms. The van der Waals surface area contributed by atoms with Gasteiger partial charge in [-0.1, -0.05) is 33.1 Å². The first kappa shape index (κ1) is 12.0. The normalized spacial score (nSPS) is 15.8. The Kier molecular flexibility index (Phi) is 4.53. The molecule has 3 nitrogen and oxygen atoms in total. The summed E-state index contributed by atoms with van der Waals surface area (Å²) in [5.74, 6) is -0.233. The van der Waals surface area contributed by atoms with Crippen LogP contribution in [0.4, 0.5) is 0 Å². The summed E-state index contributed by atoms with van der Waals surface area (Å²) in [6, 6.07) is 0. The number of carbonyl (C=O) groups is 2. The van der Waals surface area contributed by atoms with Gasteiger partial charge in [0.2, 0.25) is 0 Å². The minimum Gasteiger partial charge on any atom is -0.386 e. The van der Waals surface area contributed by atoms with E-state index < -0.39 is 11.9 Å². The lowest BCUT2D eigenvalue weighted by Gasteiger charge is -2.03. The monoisotopic (exact) mass is 210 g/mol. The number of rotatable bonds is 6. The van der Waals surface area contributed by atoms with Crippen molar-refractivity contribution in [1.82, 2.24) is 0 Å². The van der Waals surface area contributed by atoms with Gasteiger partial charge in [0.1, 0.15) is 0 Å². The highest BCUT2D eigenvalue weighted by molar-refractivity contribution is 6.08. The molecule has 84 valence electrons. The summed E-state index contributed by atoms with van der Waals surface area (Å²) in [5.41, 5.74) is 0.532. The second-order valence-electron chi connectivity index (χ2n) is 4.37. The van der Waals surface area contributed by atoms with Gasteiger partial charge in [0.15, 0.2) is 0 Å². The van der Waals surface area contributed by atoms with Gasteiger partial charge >= 0.3 is 11.9 Å². The third kappa shape index (κ3) is 4.28. The zero-order valence-electron chi connectivity index (χ0n) is 9.41. The lowest BCUT2D eigenvalue weighted by molar-refractivity contribution is -0.150. The predicted octanol–water partition coefficient (Wildman–Crippen LogP) is 2.60. The summed E-state index contributed by atoms with van der Waals surface area (Å²) < 4.78 is 4.40. The van der Waals surface area contributed by atoms with E-state index in [2.05, 4.69) is 18.6 Å². The molecule has 0 bridgehead atoms. The minimum absolute atomic E-state index is 0.455. The van der Waals surface area contributed by atoms with Crippen LogP contribution >= 0.6 is 0 Å². The molecule has 0 saturated heterocycles. The molecule has 1 rings (SSSR count). The van der Waals surface area contributed by atoms with Gasteiger partial charge in [-0.3, -0.25) is 0 Å². The fourth-order valence-electron chi connectivity index (χ4n) is 1.61. The van der Waals surface area contributed by atoms with Gasteiger partial charge in [-0.2, -0.15) is 0 Å². The summed E-state index contributed by atoms with van der Waals surface area (Å²) in [6.07, 6.45) is 6.46. The van der Waals surface area contributed by atoms with Crippen LogP contribution < -0.4 is 0 Å². The Morgan fingerprint density at radius 2 is 1.93 bits per heavy atom. The van der Waals surface area contributed by atoms with Crippen LogP contribution in [0.15, 0.2) is 11.6 Å². The second kappa shape index (κ2) is 5.69. The number of carbonyl (C=O) groups excluding carboxylic acids is 2. The SMILES string of the molecule is CC(C)CCCCCC1=CC(=O)OC1=O. The van der Waals surface area contributed by atoms with Crippen LogP contribution in [0.5, 0.6) is 0 Å². The molecular formula is C12H18O3. The Labute approximate surface area is 90.5 Å². The number of hydrogen-bond donors (Lipinski definition) is 0. The lowest BCUT2D eigenvalue weighted by atomic mass is 10.0. The van der Waals surface area contributed by atoms with E-state index in [1.54, 1.807) is 0 Å². The highest BCUT2D eigenvalue weighted by atomic mass is 16.6. The number of cyclic esters (lactones) is 2. The Morgan fingerprint density at radius 1 is 1.20 bits per heavy atom. The Hall–Kier alpha value is -1.12. The highest BCUT2D eigenvalue weighted by Crippen LogP contribution is 2.17. The van der Waals surface area contributed by atoms with Crippen molar-refractivity contribution in [2.45, 2.75) is 46.0 Å². The van der Waals surface area contributed by atoms with E-state index in [0.29, 0.717) is 12.0 Å². The summed E-state index contributed by atoms with van der Waals surface area (Å²) in [4.78, 5) is 21.8. The Bertz CT molecular complexity index is 277. The maximum absolute atomic E-state index is 11.0. The quantitative estimate of drug-likeness (QED) is 0.384. The molecule has 0 saturated carbocycles. The maximum atomic E-state index is 11.0. The summed E-state index contributed by atoms with van der Waals surface area (Å²) >= 11 is 0. The van der Waals surface area contributed by atoms with Gasteiger partial charge in [-0.15, -0.1) is 0 Å². The molecule has 0 N–H and O–H groups in total. The first-order valence-corrected chi connectivity index (χ1v) is 5.56. The van der Waals surface area contributed by atoms with Crippen LogP contribution in [0.25, 0.3) is 0 Å². The Morgan fingerprint density at radius 3 is 2.47 bits per heavy atom. The molecule has 0 aromatic carbocycles. The molecule has 1 aliphatic heterocycles. The van der Waals surface area contributed by atoms with Gasteiger partial charge < -0.3 is 4.74 Å². The van der Waals surface area contributed by atoms with Crippen LogP contribution in [0.2, 0.25) is 0 Å². The van der Waals surface area contributed by atoms with Crippen molar-refractivity contribution in [2.75, 3.05) is 0 Å². The predicted molar refractivity (Wildman–Crippen MR) is 57.1 cm³/mol. The third-order valence-electron chi connectivity index (χ3n) is 2.48. The number of esters is 2. The van der Waals surface area contributed by atoms with Crippen molar-refractivity contribution >= 4 is 11.9 Å². The van der Waals surface area contributed by atoms with E-state index in [1.165, 1.54) is 18.9 Å². The molecule has 0 atom stereocenters. The topological polar surface area (TPSA) is 43.4 Å². The molecule has 0 aliphatic carbocycles. The molecule has 0 radical (unpaired) electrons. The van der Waals surface area contributed by atoms with Gasteiger partial charge in [-0.25, -0.2) is 9.59 Å². The highest BCUT2D eigenvalue weighted by Gasteiger charge is 2.22. The molecule has 0 aromatic heterocycles. The van der Waals surface area contributed by atoms with Gasteiger partial charge in [0.25, 0.3) is 0 Å². The molecule has 0 fully saturated rings. The lowest BCUT2D eigenvalue weighted by Crippen LogP contribution is -2.01. The summed E-state index contributed by atoms with van der Waals surface area (Å²) in [5, 5.41) is 0. The van der Waals surface area contributed by atoms with Crippen LogP contribution in [-0.2, 0) is 14.3 Å². The molecule has 1 aliphatic rings. The summed E-state index contributed by atoms with van der Waals surface area (Å²) in [6.45, 7) is 4.41. The first-order valence-electron chi connectivity index (χ1n) is 5.56. The molecular weight excluding hydrogens is 192 g/mol. The zero-order valence-corrected chi connectivity index (χ0v) is 9.41. The average molecular weight is 210 g/mol. The van der Waals surface area contributed by atoms with E-state index in [1.807, 2.05) is 0 Å². The van der Waals surface area contributed by atoms with Crippen LogP contribution in [0.3, 0.4) is 0 Å². The van der Waals surface area contributed by atoms with Crippen LogP contribution in [0, 0.1) is 5.92 Å². The van der Waals surface area contributed by atoms with Crippen molar-refractivity contribution in [3.05, 3.63) is 11.6 Å². The molecule has 0 amide bonds. The van der Waals surface area contributed by atoms with Crippen LogP contribution in [-0.4, -0.2) is 11.9 Å². The average Bonchev–Trinajstić information content (AvgIpc) is 2.44. The van der Waals surface area contributed by atoms with Crippen molar-refractivity contribution < 1.29 is 14.3 Å². The molecule has 15 heavy (non-hydrogen) atoms. The van der Waals surface area contributed by atoms with Crippen molar-refractivity contribution in [3.8, 4) is 0 Å². The Balaban J connectivity index is 2.13. The van der Waals surface area contributed by atoms with Gasteiger partial charge in [-0.05, 0) is 18.8 Å². The number of hydrogen-bond acceptors (Lipinski definition) is 3. The largest absolute Gasteiger partial charge is 0.386 e. The minimum atomic E-state index is -0.516. The molecule has 3 heteroatoms. The third-order valence-corrected chi connectivity index (χ3v) is 2.48. The van der Waals surface area contributed by atoms with E-state index in [9.17, 15) is 9.59 Å². The van der Waals surface area contributed by atoms with E-state index in [4.69, 9.17) is 0 Å². The van der Waals surface area contributed by atoms with Gasteiger partial charge in [0.05, 0.1) is 0 Å². The van der Waals surface area contributed by atoms with E-state index >= 15 is 0 Å². The van der Waals surface area contributed by atoms with Crippen LogP contribution in [0.1, 0.15) is 46.0 Å². The molecule has 0 unspecified atom stereocenters. The fourth-order valence-corrected chi connectivity index (χ4v) is 1.61. The molecule has 1 heterocycles. The maximum Gasteiger partial charge on any atom is 0.342 e. The van der Waals surface area contributed by atoms with Crippen molar-refractivity contribution in [2.24, 2.45) is 5.92 Å². The number of unbranched alkanes of at least 4 members (excludes halogenated alkanes) is 2. The standard InChI is InChI=1S/C12H18O3/c1-9(2)6-4-3-5-7-10-8-11(13)15-12(10)14/h8-9H,3-7H2,1-2H3. The van der Waals surface area contributed by atoms with Crippen molar-refractivity contribution in [3.63, 3.8) is 0 Å². The smallest absolute Gasteiger partial charge is 0.342 e. The van der Waals surface area contributed by atoms with Gasteiger partial charge in [0, 0.05) is 11.6 Å². The number of ether oxygens (including phenoxy) is 1. The van der Waals surface area contributed by atoms with E-state index in [0.717, 1.165) is 18.8 Å². The first-order chi connectivity index (χ1) is 7.09. The van der Waals surface area contributed by atoms with Crippen molar-refractivity contribution in [1.29, 1.82) is 0 Å². The zero-order chi connectivity index (χ0) is 11.3. The van der Waals surface area contributed by atoms with E-state index in [-0.39, 0.29) is 0 Å². The summed E-state index contributed by atoms with van der Waals surface area (Å²) in [7, 11) is 0. The fraction of sp³-hybridized carbons (Fsp3) is 0.667. The second-order valence-corrected chi connectivity index (χ2v) is 4.37. The molecule has 0 aromatic rings.